The van der Waals surface area contributed by atoms with Crippen LogP contribution in [0.1, 0.15) is 27.2 Å². The number of rotatable bonds is 5. The van der Waals surface area contributed by atoms with Crippen LogP contribution in [-0.2, 0) is 24.3 Å². The number of hydrogen-bond acceptors (Lipinski definition) is 6. The number of carbonyl (C=O) groups excluding carboxylic acids is 1. The second kappa shape index (κ2) is 7.57. The molecule has 150 valence electrons. The van der Waals surface area contributed by atoms with E-state index in [2.05, 4.69) is 22.4 Å². The molecule has 1 aromatic carbocycles. The Hall–Kier alpha value is -3.78. The van der Waals surface area contributed by atoms with Crippen LogP contribution in [0.25, 0.3) is 17.2 Å². The fourth-order valence-electron chi connectivity index (χ4n) is 3.68. The zero-order valence-electron chi connectivity index (χ0n) is 16.2. The molecule has 0 fully saturated rings. The van der Waals surface area contributed by atoms with Crippen LogP contribution in [0.3, 0.4) is 0 Å². The second-order valence-electron chi connectivity index (χ2n) is 7.09. The summed E-state index contributed by atoms with van der Waals surface area (Å²) in [6.07, 6.45) is 4.19. The van der Waals surface area contributed by atoms with Gasteiger partial charge in [-0.2, -0.15) is 0 Å². The van der Waals surface area contributed by atoms with Crippen LogP contribution in [0.15, 0.2) is 54.9 Å². The van der Waals surface area contributed by atoms with Crippen molar-refractivity contribution >= 4 is 17.2 Å². The van der Waals surface area contributed by atoms with Crippen molar-refractivity contribution < 1.29 is 9.53 Å². The number of amides is 1. The average Bonchev–Trinajstić information content (AvgIpc) is 3.22. The predicted molar refractivity (Wildman–Crippen MR) is 112 cm³/mol. The van der Waals surface area contributed by atoms with Crippen molar-refractivity contribution in [2.45, 2.75) is 19.6 Å². The fourth-order valence-corrected chi connectivity index (χ4v) is 3.68. The van der Waals surface area contributed by atoms with Crippen molar-refractivity contribution in [2.24, 2.45) is 5.73 Å². The van der Waals surface area contributed by atoms with Gasteiger partial charge in [0.2, 0.25) is 0 Å². The van der Waals surface area contributed by atoms with Gasteiger partial charge in [0.1, 0.15) is 5.82 Å². The van der Waals surface area contributed by atoms with Crippen molar-refractivity contribution in [3.8, 4) is 11.6 Å². The summed E-state index contributed by atoms with van der Waals surface area (Å²) in [5.41, 5.74) is 9.61. The zero-order valence-corrected chi connectivity index (χ0v) is 16.2. The summed E-state index contributed by atoms with van der Waals surface area (Å²) in [6.45, 7) is 1.73. The summed E-state index contributed by atoms with van der Waals surface area (Å²) in [7, 11) is 0. The van der Waals surface area contributed by atoms with Crippen LogP contribution < -0.4 is 11.1 Å². The summed E-state index contributed by atoms with van der Waals surface area (Å²) in [5, 5.41) is 3.45. The maximum Gasteiger partial charge on any atom is 0.250 e. The second-order valence-corrected chi connectivity index (χ2v) is 7.09. The molecule has 0 bridgehead atoms. The third-order valence-corrected chi connectivity index (χ3v) is 5.17. The number of ether oxygens (including phenoxy) is 1. The Labute approximate surface area is 172 Å². The largest absolute Gasteiger partial charge is 0.375 e. The molecule has 0 radical (unpaired) electrons. The van der Waals surface area contributed by atoms with Crippen molar-refractivity contribution in [3.63, 3.8) is 0 Å². The van der Waals surface area contributed by atoms with Gasteiger partial charge in [-0.1, -0.05) is 30.3 Å². The average molecular weight is 400 g/mol. The van der Waals surface area contributed by atoms with Crippen LogP contribution in [-0.4, -0.2) is 31.9 Å². The number of carbonyl (C=O) groups is 1. The first-order chi connectivity index (χ1) is 14.7. The first kappa shape index (κ1) is 18.3. The number of hydrogen-bond donors (Lipinski definition) is 2. The summed E-state index contributed by atoms with van der Waals surface area (Å²) in [4.78, 5) is 25.7. The van der Waals surface area contributed by atoms with E-state index in [4.69, 9.17) is 20.4 Å². The van der Waals surface area contributed by atoms with Crippen LogP contribution in [0, 0.1) is 0 Å². The van der Waals surface area contributed by atoms with E-state index in [0.29, 0.717) is 42.5 Å². The van der Waals surface area contributed by atoms with E-state index in [1.54, 1.807) is 22.7 Å². The molecule has 0 saturated heterocycles. The first-order valence-electron chi connectivity index (χ1n) is 9.72. The van der Waals surface area contributed by atoms with Gasteiger partial charge in [0.15, 0.2) is 11.6 Å². The third kappa shape index (κ3) is 3.27. The molecule has 4 heterocycles. The van der Waals surface area contributed by atoms with Gasteiger partial charge in [-0.05, 0) is 17.7 Å². The van der Waals surface area contributed by atoms with Crippen LogP contribution >= 0.6 is 0 Å². The lowest BCUT2D eigenvalue weighted by Crippen LogP contribution is -2.17. The quantitative estimate of drug-likeness (QED) is 0.533. The van der Waals surface area contributed by atoms with Crippen LogP contribution in [0.2, 0.25) is 0 Å². The highest BCUT2D eigenvalue weighted by Gasteiger charge is 2.21. The number of aromatic nitrogens is 4. The summed E-state index contributed by atoms with van der Waals surface area (Å²) < 4.78 is 7.40. The lowest BCUT2D eigenvalue weighted by molar-refractivity contribution is 0.100. The van der Waals surface area contributed by atoms with Gasteiger partial charge >= 0.3 is 0 Å². The van der Waals surface area contributed by atoms with E-state index >= 15 is 0 Å². The monoisotopic (exact) mass is 400 g/mol. The Balaban J connectivity index is 1.58. The van der Waals surface area contributed by atoms with E-state index in [1.165, 1.54) is 0 Å². The molecular weight excluding hydrogens is 380 g/mol. The topological polar surface area (TPSA) is 107 Å². The minimum atomic E-state index is -0.503. The lowest BCUT2D eigenvalue weighted by Gasteiger charge is -2.20. The smallest absolute Gasteiger partial charge is 0.250 e. The molecule has 0 saturated carbocycles. The van der Waals surface area contributed by atoms with Crippen molar-refractivity contribution in [1.82, 2.24) is 19.4 Å². The standard InChI is InChI=1S/C22H20N6O2/c23-19(29)16-7-4-9-28-18(16)12-25-22(28)21-26-17-13-30-10-8-15(17)20(27-21)24-11-14-5-2-1-3-6-14/h1-7,9,12H,8,10-11,13H2,(H2,23,29)(H,24,26,27). The Kier molecular flexibility index (Phi) is 4.61. The van der Waals surface area contributed by atoms with Gasteiger partial charge in [0, 0.05) is 24.7 Å². The highest BCUT2D eigenvalue weighted by Crippen LogP contribution is 2.27. The van der Waals surface area contributed by atoms with E-state index in [0.717, 1.165) is 29.1 Å². The molecule has 5 rings (SSSR count). The minimum Gasteiger partial charge on any atom is -0.375 e. The molecule has 0 atom stereocenters. The van der Waals surface area contributed by atoms with Gasteiger partial charge in [0.25, 0.3) is 5.91 Å². The molecule has 0 spiro atoms. The third-order valence-electron chi connectivity index (χ3n) is 5.17. The van der Waals surface area contributed by atoms with E-state index < -0.39 is 5.91 Å². The van der Waals surface area contributed by atoms with E-state index in [-0.39, 0.29) is 0 Å². The molecule has 30 heavy (non-hydrogen) atoms. The van der Waals surface area contributed by atoms with E-state index in [1.807, 2.05) is 24.4 Å². The molecule has 0 unspecified atom stereocenters. The highest BCUT2D eigenvalue weighted by molar-refractivity contribution is 5.99. The normalized spacial score (nSPS) is 13.2. The number of imidazole rings is 1. The van der Waals surface area contributed by atoms with Gasteiger partial charge in [-0.3, -0.25) is 9.20 Å². The van der Waals surface area contributed by atoms with Gasteiger partial charge in [-0.15, -0.1) is 0 Å². The van der Waals surface area contributed by atoms with Crippen molar-refractivity contribution in [1.29, 1.82) is 0 Å². The highest BCUT2D eigenvalue weighted by atomic mass is 16.5. The first-order valence-corrected chi connectivity index (χ1v) is 9.72. The fraction of sp³-hybridized carbons (Fsp3) is 0.182. The molecule has 4 aromatic rings. The minimum absolute atomic E-state index is 0.403. The number of pyridine rings is 1. The summed E-state index contributed by atoms with van der Waals surface area (Å²) in [5.74, 6) is 1.29. The molecular formula is C22H20N6O2. The summed E-state index contributed by atoms with van der Waals surface area (Å²) in [6, 6.07) is 13.6. The molecule has 1 aliphatic heterocycles. The number of nitrogens with zero attached hydrogens (tertiary/aromatic N) is 4. The predicted octanol–water partition coefficient (Wildman–Crippen LogP) is 2.58. The zero-order chi connectivity index (χ0) is 20.5. The molecule has 8 nitrogen and oxygen atoms in total. The lowest BCUT2D eigenvalue weighted by atomic mass is 10.1. The molecule has 1 aliphatic rings. The molecule has 3 N–H and O–H groups in total. The number of fused-ring (bicyclic) bond motifs is 2. The van der Waals surface area contributed by atoms with E-state index in [9.17, 15) is 4.79 Å². The molecule has 0 aliphatic carbocycles. The molecule has 3 aromatic heterocycles. The molecule has 8 heteroatoms. The molecule has 1 amide bonds. The summed E-state index contributed by atoms with van der Waals surface area (Å²) >= 11 is 0. The van der Waals surface area contributed by atoms with Gasteiger partial charge in [-0.25, -0.2) is 15.0 Å². The van der Waals surface area contributed by atoms with Crippen molar-refractivity contribution in [2.75, 3.05) is 11.9 Å². The maximum absolute atomic E-state index is 11.7. The number of primary amides is 1. The Morgan fingerprint density at radius 3 is 2.87 bits per heavy atom. The Bertz CT molecular complexity index is 1240. The number of benzene rings is 1. The number of anilines is 1. The Morgan fingerprint density at radius 1 is 1.17 bits per heavy atom. The van der Waals surface area contributed by atoms with Gasteiger partial charge < -0.3 is 15.8 Å². The number of nitrogens with two attached hydrogens (primary N) is 1. The van der Waals surface area contributed by atoms with Crippen LogP contribution in [0.4, 0.5) is 5.82 Å². The maximum atomic E-state index is 11.7. The van der Waals surface area contributed by atoms with Gasteiger partial charge in [0.05, 0.1) is 36.2 Å². The van der Waals surface area contributed by atoms with Crippen LogP contribution in [0.5, 0.6) is 0 Å². The van der Waals surface area contributed by atoms with Crippen molar-refractivity contribution in [3.05, 3.63) is 77.2 Å². The SMILES string of the molecule is NC(=O)c1cccn2c(-c3nc4c(c(NCc5ccccc5)n3)CCOC4)ncc12. The number of nitrogens with one attached hydrogen (secondary N) is 1. The Morgan fingerprint density at radius 2 is 2.03 bits per heavy atom.